The van der Waals surface area contributed by atoms with E-state index in [2.05, 4.69) is 19.2 Å². The fraction of sp³-hybridized carbons (Fsp3) is 1.00. The monoisotopic (exact) mass is 263 g/mol. The van der Waals surface area contributed by atoms with Crippen molar-refractivity contribution in [1.29, 1.82) is 0 Å². The molecule has 18 heavy (non-hydrogen) atoms. The van der Waals surface area contributed by atoms with Crippen LogP contribution in [0.4, 0.5) is 0 Å². The van der Waals surface area contributed by atoms with Gasteiger partial charge in [0.15, 0.2) is 0 Å². The van der Waals surface area contributed by atoms with E-state index in [0.717, 1.165) is 13.0 Å². The van der Waals surface area contributed by atoms with Gasteiger partial charge in [0.2, 0.25) is 0 Å². The highest BCUT2D eigenvalue weighted by Gasteiger charge is 2.10. The van der Waals surface area contributed by atoms with Gasteiger partial charge in [-0.2, -0.15) is 0 Å². The summed E-state index contributed by atoms with van der Waals surface area (Å²) in [6, 6.07) is 0.358. The van der Waals surface area contributed by atoms with Crippen LogP contribution in [-0.2, 0) is 14.2 Å². The van der Waals surface area contributed by atoms with E-state index >= 15 is 0 Å². The van der Waals surface area contributed by atoms with Gasteiger partial charge in [-0.25, -0.2) is 0 Å². The van der Waals surface area contributed by atoms with Crippen LogP contribution >= 0.6 is 0 Å². The van der Waals surface area contributed by atoms with Crippen molar-refractivity contribution in [3.63, 3.8) is 0 Å². The third kappa shape index (κ3) is 10.9. The molecule has 0 amide bonds. The summed E-state index contributed by atoms with van der Waals surface area (Å²) in [7, 11) is 1.66. The van der Waals surface area contributed by atoms with Crippen LogP contribution < -0.4 is 5.32 Å². The Hall–Kier alpha value is -0.200. The Labute approximate surface area is 111 Å². The fourth-order valence-electron chi connectivity index (χ4n) is 1.59. The van der Waals surface area contributed by atoms with Crippen LogP contribution in [0.15, 0.2) is 0 Å². The quantitative estimate of drug-likeness (QED) is 0.478. The van der Waals surface area contributed by atoms with E-state index in [1.165, 1.54) is 0 Å². The molecule has 5 heteroatoms. The number of hydrogen-bond donors (Lipinski definition) is 2. The Balaban J connectivity index is 3.27. The lowest BCUT2D eigenvalue weighted by molar-refractivity contribution is 0.0248. The van der Waals surface area contributed by atoms with Gasteiger partial charge in [-0.1, -0.05) is 13.8 Å². The molecule has 110 valence electrons. The molecular weight excluding hydrogens is 234 g/mol. The fourth-order valence-corrected chi connectivity index (χ4v) is 1.59. The van der Waals surface area contributed by atoms with E-state index in [-0.39, 0.29) is 6.61 Å². The van der Waals surface area contributed by atoms with E-state index < -0.39 is 0 Å². The first-order valence-electron chi connectivity index (χ1n) is 6.71. The predicted molar refractivity (Wildman–Crippen MR) is 71.8 cm³/mol. The maximum absolute atomic E-state index is 8.93. The van der Waals surface area contributed by atoms with Crippen molar-refractivity contribution in [2.45, 2.75) is 26.3 Å². The van der Waals surface area contributed by atoms with E-state index in [1.54, 1.807) is 7.11 Å². The van der Waals surface area contributed by atoms with Crippen LogP contribution in [-0.4, -0.2) is 64.4 Å². The first-order chi connectivity index (χ1) is 8.72. The third-order valence-corrected chi connectivity index (χ3v) is 2.70. The summed E-state index contributed by atoms with van der Waals surface area (Å²) in [5.74, 6) is 0.523. The second-order valence-electron chi connectivity index (χ2n) is 4.53. The molecule has 0 radical (unpaired) electrons. The lowest BCUT2D eigenvalue weighted by Crippen LogP contribution is -2.37. The average Bonchev–Trinajstić information content (AvgIpc) is 2.35. The van der Waals surface area contributed by atoms with Crippen molar-refractivity contribution in [3.8, 4) is 0 Å². The Kier molecular flexibility index (Phi) is 13.1. The number of ether oxygens (including phenoxy) is 3. The van der Waals surface area contributed by atoms with Crippen LogP contribution in [0.1, 0.15) is 20.3 Å². The van der Waals surface area contributed by atoms with Gasteiger partial charge in [0.05, 0.1) is 33.0 Å². The maximum Gasteiger partial charge on any atom is 0.0701 e. The molecule has 0 aliphatic heterocycles. The zero-order valence-corrected chi connectivity index (χ0v) is 12.0. The lowest BCUT2D eigenvalue weighted by Gasteiger charge is -2.21. The van der Waals surface area contributed by atoms with Gasteiger partial charge >= 0.3 is 0 Å². The first-order valence-corrected chi connectivity index (χ1v) is 6.71. The third-order valence-electron chi connectivity index (χ3n) is 2.70. The number of rotatable bonds is 13. The minimum atomic E-state index is 0.226. The highest BCUT2D eigenvalue weighted by Crippen LogP contribution is 2.04. The van der Waals surface area contributed by atoms with E-state index in [0.29, 0.717) is 45.0 Å². The summed E-state index contributed by atoms with van der Waals surface area (Å²) in [6.07, 6.45) is 0.789. The summed E-state index contributed by atoms with van der Waals surface area (Å²) in [4.78, 5) is 0. The van der Waals surface area contributed by atoms with Crippen molar-refractivity contribution in [1.82, 2.24) is 5.32 Å². The second kappa shape index (κ2) is 13.2. The van der Waals surface area contributed by atoms with Gasteiger partial charge in [-0.05, 0) is 12.3 Å². The van der Waals surface area contributed by atoms with Gasteiger partial charge in [-0.3, -0.25) is 0 Å². The standard InChI is InChI=1S/C13H29NO4/c1-12(2)13(4-6-15)14-5-7-17-10-11-18-9-8-16-3/h12-15H,4-11H2,1-3H3. The van der Waals surface area contributed by atoms with E-state index in [9.17, 15) is 0 Å². The highest BCUT2D eigenvalue weighted by atomic mass is 16.5. The second-order valence-corrected chi connectivity index (χ2v) is 4.53. The molecular formula is C13H29NO4. The van der Waals surface area contributed by atoms with Gasteiger partial charge in [-0.15, -0.1) is 0 Å². The number of methoxy groups -OCH3 is 1. The molecule has 0 aliphatic carbocycles. The van der Waals surface area contributed by atoms with Gasteiger partial charge < -0.3 is 24.6 Å². The summed E-state index contributed by atoms with van der Waals surface area (Å²) in [5.41, 5.74) is 0. The highest BCUT2D eigenvalue weighted by molar-refractivity contribution is 4.69. The van der Waals surface area contributed by atoms with Gasteiger partial charge in [0.1, 0.15) is 0 Å². The van der Waals surface area contributed by atoms with Gasteiger partial charge in [0, 0.05) is 26.3 Å². The Bertz CT molecular complexity index is 167. The minimum absolute atomic E-state index is 0.226. The Morgan fingerprint density at radius 2 is 1.61 bits per heavy atom. The molecule has 0 spiro atoms. The molecule has 0 heterocycles. The molecule has 0 aromatic heterocycles. The molecule has 0 aliphatic rings. The van der Waals surface area contributed by atoms with Crippen LogP contribution in [0.2, 0.25) is 0 Å². The molecule has 2 N–H and O–H groups in total. The maximum atomic E-state index is 8.93. The van der Waals surface area contributed by atoms with Crippen molar-refractivity contribution in [2.75, 3.05) is 53.3 Å². The first kappa shape index (κ1) is 17.8. The Morgan fingerprint density at radius 3 is 2.17 bits per heavy atom. The zero-order chi connectivity index (χ0) is 13.6. The van der Waals surface area contributed by atoms with Crippen molar-refractivity contribution < 1.29 is 19.3 Å². The number of aliphatic hydroxyl groups excluding tert-OH is 1. The van der Waals surface area contributed by atoms with Crippen LogP contribution in [0.25, 0.3) is 0 Å². The van der Waals surface area contributed by atoms with Crippen molar-refractivity contribution in [3.05, 3.63) is 0 Å². The summed E-state index contributed by atoms with van der Waals surface area (Å²) in [5, 5.41) is 12.3. The van der Waals surface area contributed by atoms with E-state index in [4.69, 9.17) is 19.3 Å². The Morgan fingerprint density at radius 1 is 1.00 bits per heavy atom. The van der Waals surface area contributed by atoms with Crippen LogP contribution in [0.3, 0.4) is 0 Å². The summed E-state index contributed by atoms with van der Waals surface area (Å²) >= 11 is 0. The van der Waals surface area contributed by atoms with Gasteiger partial charge in [0.25, 0.3) is 0 Å². The molecule has 0 saturated carbocycles. The predicted octanol–water partition coefficient (Wildman–Crippen LogP) is 0.663. The zero-order valence-electron chi connectivity index (χ0n) is 12.0. The molecule has 0 aromatic carbocycles. The lowest BCUT2D eigenvalue weighted by atomic mass is 10.0. The van der Waals surface area contributed by atoms with Crippen molar-refractivity contribution >= 4 is 0 Å². The molecule has 0 fully saturated rings. The average molecular weight is 263 g/mol. The van der Waals surface area contributed by atoms with Crippen molar-refractivity contribution in [2.24, 2.45) is 5.92 Å². The molecule has 0 aromatic rings. The smallest absolute Gasteiger partial charge is 0.0701 e. The summed E-state index contributed by atoms with van der Waals surface area (Å²) in [6.45, 7) is 8.46. The minimum Gasteiger partial charge on any atom is -0.396 e. The molecule has 0 rings (SSSR count). The number of nitrogens with one attached hydrogen (secondary N) is 1. The van der Waals surface area contributed by atoms with E-state index in [1.807, 2.05) is 0 Å². The van der Waals surface area contributed by atoms with Crippen LogP contribution in [0, 0.1) is 5.92 Å². The molecule has 0 saturated heterocycles. The topological polar surface area (TPSA) is 60.0 Å². The number of hydrogen-bond acceptors (Lipinski definition) is 5. The normalized spacial score (nSPS) is 13.2. The van der Waals surface area contributed by atoms with Crippen LogP contribution in [0.5, 0.6) is 0 Å². The largest absolute Gasteiger partial charge is 0.396 e. The molecule has 5 nitrogen and oxygen atoms in total. The molecule has 1 unspecified atom stereocenters. The number of aliphatic hydroxyl groups is 1. The molecule has 0 bridgehead atoms. The molecule has 1 atom stereocenters. The SMILES string of the molecule is COCCOCCOCCNC(CCO)C(C)C. The summed E-state index contributed by atoms with van der Waals surface area (Å²) < 4.78 is 15.6.